The Balaban J connectivity index is 1.68. The van der Waals surface area contributed by atoms with E-state index in [9.17, 15) is 14.4 Å². The van der Waals surface area contributed by atoms with Crippen LogP contribution in [0.1, 0.15) is 63.2 Å². The van der Waals surface area contributed by atoms with Crippen LogP contribution in [0.15, 0.2) is 24.3 Å². The maximum Gasteiger partial charge on any atom is 0.323 e. The summed E-state index contributed by atoms with van der Waals surface area (Å²) in [6.07, 6.45) is 5.18. The second-order valence-corrected chi connectivity index (χ2v) is 9.89. The average Bonchev–Trinajstić information content (AvgIpc) is 3.05. The first-order chi connectivity index (χ1) is 14.5. The standard InChI is InChI=1S/C24H35N3O4/c1-24(2,3)31-23(30)20-14-17-8-6-7-9-19(17)27(20)15-21(28)25-18-12-10-16(11-13-18)22(29)26(4)5/h10-13,17,19-20H,6-9,14-15H2,1-5H3,(H,25,28)/t17-,19+,20+/m1/s1. The average molecular weight is 430 g/mol. The van der Waals surface area contributed by atoms with Gasteiger partial charge in [-0.2, -0.15) is 0 Å². The van der Waals surface area contributed by atoms with Crippen molar-refractivity contribution in [3.05, 3.63) is 29.8 Å². The first-order valence-electron chi connectivity index (χ1n) is 11.2. The third-order valence-corrected chi connectivity index (χ3v) is 6.05. The van der Waals surface area contributed by atoms with E-state index in [4.69, 9.17) is 4.74 Å². The van der Waals surface area contributed by atoms with Crippen LogP contribution >= 0.6 is 0 Å². The number of rotatable bonds is 5. The van der Waals surface area contributed by atoms with Gasteiger partial charge in [0.2, 0.25) is 5.91 Å². The lowest BCUT2D eigenvalue weighted by Crippen LogP contribution is -2.47. The molecule has 1 aliphatic heterocycles. The number of hydrogen-bond donors (Lipinski definition) is 1. The Morgan fingerprint density at radius 3 is 2.35 bits per heavy atom. The minimum Gasteiger partial charge on any atom is -0.459 e. The lowest BCUT2D eigenvalue weighted by Gasteiger charge is -2.33. The van der Waals surface area contributed by atoms with Crippen LogP contribution in [0, 0.1) is 5.92 Å². The summed E-state index contributed by atoms with van der Waals surface area (Å²) in [4.78, 5) is 41.3. The number of ether oxygens (including phenoxy) is 1. The number of carbonyl (C=O) groups is 3. The van der Waals surface area contributed by atoms with Crippen LogP contribution in [0.5, 0.6) is 0 Å². The summed E-state index contributed by atoms with van der Waals surface area (Å²) >= 11 is 0. The number of nitrogens with one attached hydrogen (secondary N) is 1. The molecule has 2 aliphatic rings. The maximum atomic E-state index is 12.9. The Bertz CT molecular complexity index is 813. The monoisotopic (exact) mass is 429 g/mol. The van der Waals surface area contributed by atoms with Gasteiger partial charge in [0.15, 0.2) is 0 Å². The smallest absolute Gasteiger partial charge is 0.323 e. The van der Waals surface area contributed by atoms with Gasteiger partial charge in [0, 0.05) is 31.4 Å². The summed E-state index contributed by atoms with van der Waals surface area (Å²) in [5.74, 6) is -0.0402. The van der Waals surface area contributed by atoms with E-state index < -0.39 is 5.60 Å². The van der Waals surface area contributed by atoms with Crippen molar-refractivity contribution in [2.75, 3.05) is 26.0 Å². The molecule has 1 saturated heterocycles. The molecule has 1 aromatic carbocycles. The summed E-state index contributed by atoms with van der Waals surface area (Å²) in [5, 5.41) is 2.91. The fraction of sp³-hybridized carbons (Fsp3) is 0.625. The van der Waals surface area contributed by atoms with E-state index in [2.05, 4.69) is 10.2 Å². The van der Waals surface area contributed by atoms with Crippen LogP contribution in [-0.4, -0.2) is 65.9 Å². The second-order valence-electron chi connectivity index (χ2n) is 9.89. The third-order valence-electron chi connectivity index (χ3n) is 6.05. The van der Waals surface area contributed by atoms with Crippen LogP contribution in [0.2, 0.25) is 0 Å². The summed E-state index contributed by atoms with van der Waals surface area (Å²) in [6.45, 7) is 5.77. The number of amides is 2. The quantitative estimate of drug-likeness (QED) is 0.727. The molecule has 3 atom stereocenters. The van der Waals surface area contributed by atoms with Gasteiger partial charge in [0.25, 0.3) is 5.91 Å². The Hall–Kier alpha value is -2.41. The number of carbonyl (C=O) groups excluding carboxylic acids is 3. The molecule has 1 aliphatic carbocycles. The van der Waals surface area contributed by atoms with Gasteiger partial charge in [-0.1, -0.05) is 12.8 Å². The number of likely N-dealkylation sites (tertiary alicyclic amines) is 1. The first-order valence-corrected chi connectivity index (χ1v) is 11.2. The molecule has 7 heteroatoms. The van der Waals surface area contributed by atoms with Crippen molar-refractivity contribution < 1.29 is 19.1 Å². The highest BCUT2D eigenvalue weighted by Crippen LogP contribution is 2.40. The van der Waals surface area contributed by atoms with E-state index >= 15 is 0 Å². The lowest BCUT2D eigenvalue weighted by molar-refractivity contribution is -0.160. The molecular weight excluding hydrogens is 394 g/mol. The molecule has 2 fully saturated rings. The van der Waals surface area contributed by atoms with Crippen LogP contribution in [0.4, 0.5) is 5.69 Å². The first kappa shape index (κ1) is 23.3. The number of hydrogen-bond acceptors (Lipinski definition) is 5. The number of fused-ring (bicyclic) bond motifs is 1. The van der Waals surface area contributed by atoms with Crippen molar-refractivity contribution in [3.8, 4) is 0 Å². The normalized spacial score (nSPS) is 23.7. The summed E-state index contributed by atoms with van der Waals surface area (Å²) in [6, 6.07) is 6.74. The molecule has 0 radical (unpaired) electrons. The van der Waals surface area contributed by atoms with Gasteiger partial charge in [-0.25, -0.2) is 0 Å². The molecule has 2 amide bonds. The van der Waals surface area contributed by atoms with Gasteiger partial charge in [-0.15, -0.1) is 0 Å². The minimum atomic E-state index is -0.551. The highest BCUT2D eigenvalue weighted by molar-refractivity contribution is 5.96. The highest BCUT2D eigenvalue weighted by Gasteiger charge is 2.47. The van der Waals surface area contributed by atoms with Gasteiger partial charge in [-0.05, 0) is 70.2 Å². The molecule has 1 heterocycles. The Kier molecular flexibility index (Phi) is 7.04. The van der Waals surface area contributed by atoms with Gasteiger partial charge in [0.05, 0.1) is 6.54 Å². The topological polar surface area (TPSA) is 79.0 Å². The maximum absolute atomic E-state index is 12.9. The zero-order chi connectivity index (χ0) is 22.8. The lowest BCUT2D eigenvalue weighted by atomic mass is 9.85. The minimum absolute atomic E-state index is 0.0847. The van der Waals surface area contributed by atoms with Crippen molar-refractivity contribution in [2.45, 2.75) is 70.6 Å². The highest BCUT2D eigenvalue weighted by atomic mass is 16.6. The molecule has 0 bridgehead atoms. The molecule has 1 saturated carbocycles. The number of benzene rings is 1. The van der Waals surface area contributed by atoms with Gasteiger partial charge < -0.3 is 15.0 Å². The van der Waals surface area contributed by atoms with Gasteiger partial charge in [-0.3, -0.25) is 19.3 Å². The number of anilines is 1. The fourth-order valence-corrected chi connectivity index (χ4v) is 4.70. The zero-order valence-corrected chi connectivity index (χ0v) is 19.3. The van der Waals surface area contributed by atoms with Crippen molar-refractivity contribution in [1.82, 2.24) is 9.80 Å². The molecule has 3 rings (SSSR count). The summed E-state index contributed by atoms with van der Waals surface area (Å²) in [7, 11) is 3.40. The van der Waals surface area contributed by atoms with Crippen molar-refractivity contribution in [1.29, 1.82) is 0 Å². The summed E-state index contributed by atoms with van der Waals surface area (Å²) < 4.78 is 5.66. The van der Waals surface area contributed by atoms with Crippen LogP contribution < -0.4 is 5.32 Å². The predicted molar refractivity (Wildman–Crippen MR) is 120 cm³/mol. The number of nitrogens with zero attached hydrogens (tertiary/aromatic N) is 2. The fourth-order valence-electron chi connectivity index (χ4n) is 4.70. The Morgan fingerprint density at radius 2 is 1.74 bits per heavy atom. The van der Waals surface area contributed by atoms with Crippen LogP contribution in [-0.2, 0) is 14.3 Å². The molecule has 31 heavy (non-hydrogen) atoms. The van der Waals surface area contributed by atoms with Crippen molar-refractivity contribution in [3.63, 3.8) is 0 Å². The van der Waals surface area contributed by atoms with E-state index in [-0.39, 0.29) is 36.4 Å². The molecule has 0 unspecified atom stereocenters. The van der Waals surface area contributed by atoms with Crippen molar-refractivity contribution in [2.24, 2.45) is 5.92 Å². The van der Waals surface area contributed by atoms with Crippen LogP contribution in [0.3, 0.4) is 0 Å². The van der Waals surface area contributed by atoms with E-state index in [0.717, 1.165) is 25.7 Å². The van der Waals surface area contributed by atoms with Gasteiger partial charge in [0.1, 0.15) is 11.6 Å². The van der Waals surface area contributed by atoms with E-state index in [0.29, 0.717) is 17.2 Å². The molecular formula is C24H35N3O4. The van der Waals surface area contributed by atoms with Gasteiger partial charge >= 0.3 is 5.97 Å². The van der Waals surface area contributed by atoms with Crippen molar-refractivity contribution >= 4 is 23.5 Å². The molecule has 1 N–H and O–H groups in total. The van der Waals surface area contributed by atoms with Crippen LogP contribution in [0.25, 0.3) is 0 Å². The predicted octanol–water partition coefficient (Wildman–Crippen LogP) is 3.30. The summed E-state index contributed by atoms with van der Waals surface area (Å²) in [5.41, 5.74) is 0.649. The zero-order valence-electron chi connectivity index (χ0n) is 19.3. The van der Waals surface area contributed by atoms with E-state index in [1.165, 1.54) is 11.3 Å². The molecule has 170 valence electrons. The second kappa shape index (κ2) is 9.39. The SMILES string of the molecule is CN(C)C(=O)c1ccc(NC(=O)CN2[C@H](C(=O)OC(C)(C)C)C[C@H]3CCCC[C@@H]32)cc1. The molecule has 7 nitrogen and oxygen atoms in total. The molecule has 0 aromatic heterocycles. The largest absolute Gasteiger partial charge is 0.459 e. The number of esters is 1. The Labute approximate surface area is 185 Å². The van der Waals surface area contributed by atoms with E-state index in [1.54, 1.807) is 38.4 Å². The molecule has 0 spiro atoms. The van der Waals surface area contributed by atoms with E-state index in [1.807, 2.05) is 20.8 Å². The third kappa shape index (κ3) is 5.85. The Morgan fingerprint density at radius 1 is 1.10 bits per heavy atom. The molecule has 1 aromatic rings.